The van der Waals surface area contributed by atoms with E-state index in [0.717, 1.165) is 4.90 Å². The molecule has 0 saturated carbocycles. The molecule has 6 nitrogen and oxygen atoms in total. The highest BCUT2D eigenvalue weighted by Crippen LogP contribution is 2.32. The van der Waals surface area contributed by atoms with Crippen molar-refractivity contribution in [2.24, 2.45) is 0 Å². The first-order valence-corrected chi connectivity index (χ1v) is 10.1. The van der Waals surface area contributed by atoms with E-state index in [9.17, 15) is 14.4 Å². The van der Waals surface area contributed by atoms with Crippen LogP contribution in [0.25, 0.3) is 17.4 Å². The summed E-state index contributed by atoms with van der Waals surface area (Å²) in [5, 5.41) is 3.05. The van der Waals surface area contributed by atoms with Crippen LogP contribution >= 0.6 is 39.1 Å². The maximum Gasteiger partial charge on any atom is 0.335 e. The molecule has 150 valence electrons. The summed E-state index contributed by atoms with van der Waals surface area (Å²) in [4.78, 5) is 38.4. The van der Waals surface area contributed by atoms with Gasteiger partial charge < -0.3 is 4.42 Å². The maximum atomic E-state index is 12.9. The van der Waals surface area contributed by atoms with Gasteiger partial charge in [0.05, 0.1) is 10.7 Å². The van der Waals surface area contributed by atoms with Crippen LogP contribution in [0.1, 0.15) is 5.76 Å². The van der Waals surface area contributed by atoms with Gasteiger partial charge in [-0.15, -0.1) is 0 Å². The second-order valence-electron chi connectivity index (χ2n) is 6.26. The number of rotatable bonds is 3. The fourth-order valence-electron chi connectivity index (χ4n) is 2.91. The minimum Gasteiger partial charge on any atom is -0.457 e. The molecule has 0 aliphatic carbocycles. The summed E-state index contributed by atoms with van der Waals surface area (Å²) in [6.45, 7) is 0. The molecule has 0 atom stereocenters. The first-order chi connectivity index (χ1) is 14.3. The molecular formula is C21H11BrCl2N2O4. The molecule has 1 N–H and O–H groups in total. The van der Waals surface area contributed by atoms with Crippen molar-refractivity contribution in [2.45, 2.75) is 0 Å². The largest absolute Gasteiger partial charge is 0.457 e. The summed E-state index contributed by atoms with van der Waals surface area (Å²) in [6.07, 6.45) is 1.28. The molecule has 9 heteroatoms. The monoisotopic (exact) mass is 504 g/mol. The van der Waals surface area contributed by atoms with Gasteiger partial charge in [-0.3, -0.25) is 14.9 Å². The van der Waals surface area contributed by atoms with Gasteiger partial charge in [-0.2, -0.15) is 0 Å². The predicted molar refractivity (Wildman–Crippen MR) is 117 cm³/mol. The molecule has 1 aliphatic heterocycles. The second kappa shape index (κ2) is 8.10. The van der Waals surface area contributed by atoms with E-state index in [4.69, 9.17) is 27.6 Å². The predicted octanol–water partition coefficient (Wildman–Crippen LogP) is 5.68. The van der Waals surface area contributed by atoms with Crippen molar-refractivity contribution in [3.63, 3.8) is 0 Å². The summed E-state index contributed by atoms with van der Waals surface area (Å²) in [5.74, 6) is -0.881. The molecule has 3 aromatic rings. The number of benzene rings is 2. The molecule has 0 bridgehead atoms. The van der Waals surface area contributed by atoms with Crippen molar-refractivity contribution in [1.29, 1.82) is 0 Å². The Morgan fingerprint density at radius 3 is 2.53 bits per heavy atom. The van der Waals surface area contributed by atoms with Crippen LogP contribution in [0.3, 0.4) is 0 Å². The Kier molecular flexibility index (Phi) is 5.51. The number of hydrogen-bond acceptors (Lipinski definition) is 4. The van der Waals surface area contributed by atoms with E-state index in [-0.39, 0.29) is 11.3 Å². The summed E-state index contributed by atoms with van der Waals surface area (Å²) in [7, 11) is 0. The normalized spacial score (nSPS) is 15.6. The number of hydrogen-bond donors (Lipinski definition) is 1. The molecule has 0 radical (unpaired) electrons. The number of carbonyl (C=O) groups is 3. The number of carbonyl (C=O) groups excluding carboxylic acids is 3. The van der Waals surface area contributed by atoms with Crippen molar-refractivity contribution in [3.8, 4) is 11.3 Å². The molecule has 2 heterocycles. The number of barbiturate groups is 1. The lowest BCUT2D eigenvalue weighted by atomic mass is 10.1. The highest BCUT2D eigenvalue weighted by molar-refractivity contribution is 9.10. The number of urea groups is 1. The van der Waals surface area contributed by atoms with Gasteiger partial charge in [0.15, 0.2) is 0 Å². The molecule has 0 unspecified atom stereocenters. The molecule has 1 saturated heterocycles. The Bertz CT molecular complexity index is 1240. The van der Waals surface area contributed by atoms with Gasteiger partial charge in [-0.05, 0) is 54.6 Å². The molecule has 30 heavy (non-hydrogen) atoms. The van der Waals surface area contributed by atoms with E-state index in [0.29, 0.717) is 31.5 Å². The number of halogens is 3. The van der Waals surface area contributed by atoms with E-state index < -0.39 is 17.8 Å². The summed E-state index contributed by atoms with van der Waals surface area (Å²) < 4.78 is 6.41. The molecular weight excluding hydrogens is 495 g/mol. The molecule has 1 aromatic heterocycles. The lowest BCUT2D eigenvalue weighted by Gasteiger charge is -2.26. The molecule has 2 aromatic carbocycles. The van der Waals surface area contributed by atoms with Gasteiger partial charge in [0.1, 0.15) is 17.1 Å². The lowest BCUT2D eigenvalue weighted by Crippen LogP contribution is -2.54. The fourth-order valence-corrected chi connectivity index (χ4v) is 3.80. The molecule has 4 amide bonds. The number of furan rings is 1. The number of nitrogens with one attached hydrogen (secondary N) is 1. The molecule has 0 spiro atoms. The zero-order chi connectivity index (χ0) is 21.4. The van der Waals surface area contributed by atoms with E-state index in [1.807, 2.05) is 0 Å². The first kappa shape index (κ1) is 20.4. The average molecular weight is 506 g/mol. The maximum absolute atomic E-state index is 12.9. The topological polar surface area (TPSA) is 79.6 Å². The highest BCUT2D eigenvalue weighted by Gasteiger charge is 2.37. The zero-order valence-electron chi connectivity index (χ0n) is 15.0. The first-order valence-electron chi connectivity index (χ1n) is 8.56. The summed E-state index contributed by atoms with van der Waals surface area (Å²) >= 11 is 15.4. The van der Waals surface area contributed by atoms with Crippen LogP contribution in [-0.4, -0.2) is 17.8 Å². The summed E-state index contributed by atoms with van der Waals surface area (Å²) in [5.41, 5.74) is 0.687. The Hall–Kier alpha value is -2.87. The lowest BCUT2D eigenvalue weighted by molar-refractivity contribution is -0.122. The number of anilines is 1. The van der Waals surface area contributed by atoms with Crippen molar-refractivity contribution in [3.05, 3.63) is 80.4 Å². The molecule has 1 aliphatic rings. The smallest absolute Gasteiger partial charge is 0.335 e. The third-order valence-electron chi connectivity index (χ3n) is 4.28. The molecule has 4 rings (SSSR count). The van der Waals surface area contributed by atoms with Crippen molar-refractivity contribution in [2.75, 3.05) is 4.90 Å². The quantitative estimate of drug-likeness (QED) is 0.366. The van der Waals surface area contributed by atoms with Crippen LogP contribution < -0.4 is 10.2 Å². The average Bonchev–Trinajstić information content (AvgIpc) is 3.13. The minimum atomic E-state index is -0.826. The van der Waals surface area contributed by atoms with Crippen molar-refractivity contribution in [1.82, 2.24) is 5.32 Å². The van der Waals surface area contributed by atoms with Gasteiger partial charge in [-0.25, -0.2) is 9.69 Å². The van der Waals surface area contributed by atoms with E-state index in [1.165, 1.54) is 6.08 Å². The van der Waals surface area contributed by atoms with Gasteiger partial charge in [0, 0.05) is 15.1 Å². The van der Waals surface area contributed by atoms with Crippen LogP contribution in [0.2, 0.25) is 10.0 Å². The van der Waals surface area contributed by atoms with E-state index in [1.54, 1.807) is 54.6 Å². The highest BCUT2D eigenvalue weighted by atomic mass is 79.9. The van der Waals surface area contributed by atoms with Crippen molar-refractivity contribution < 1.29 is 18.8 Å². The van der Waals surface area contributed by atoms with Gasteiger partial charge in [0.2, 0.25) is 0 Å². The van der Waals surface area contributed by atoms with Crippen LogP contribution in [0.4, 0.5) is 10.5 Å². The van der Waals surface area contributed by atoms with Crippen LogP contribution in [-0.2, 0) is 9.59 Å². The van der Waals surface area contributed by atoms with Crippen molar-refractivity contribution >= 4 is 68.7 Å². The third-order valence-corrected chi connectivity index (χ3v) is 5.32. The Morgan fingerprint density at radius 2 is 1.80 bits per heavy atom. The van der Waals surface area contributed by atoms with Gasteiger partial charge in [-0.1, -0.05) is 45.2 Å². The SMILES string of the molecule is O=C1NC(=O)N(c2cccc(Br)c2)C(=O)/C1=C\c1ccc(-c2ccc(Cl)cc2Cl)o1. The van der Waals surface area contributed by atoms with Crippen LogP contribution in [0, 0.1) is 0 Å². The van der Waals surface area contributed by atoms with Crippen LogP contribution in [0.15, 0.2) is 69.1 Å². The number of imide groups is 2. The van der Waals surface area contributed by atoms with Crippen LogP contribution in [0.5, 0.6) is 0 Å². The van der Waals surface area contributed by atoms with E-state index >= 15 is 0 Å². The molecule has 1 fully saturated rings. The van der Waals surface area contributed by atoms with E-state index in [2.05, 4.69) is 21.2 Å². The minimum absolute atomic E-state index is 0.238. The standard InChI is InChI=1S/C21H11BrCl2N2O4/c22-11-2-1-3-13(8-11)26-20(28)16(19(27)25-21(26)29)10-14-5-7-18(30-14)15-6-4-12(23)9-17(15)24/h1-10H,(H,25,27,29)/b16-10-. The Morgan fingerprint density at radius 1 is 1.00 bits per heavy atom. The third kappa shape index (κ3) is 3.92. The van der Waals surface area contributed by atoms with Gasteiger partial charge >= 0.3 is 6.03 Å². The number of amides is 4. The Balaban J connectivity index is 1.69. The summed E-state index contributed by atoms with van der Waals surface area (Å²) in [6, 6.07) is 14.0. The Labute approximate surface area is 189 Å². The fraction of sp³-hybridized carbons (Fsp3) is 0. The number of nitrogens with zero attached hydrogens (tertiary/aromatic N) is 1. The van der Waals surface area contributed by atoms with Gasteiger partial charge in [0.25, 0.3) is 11.8 Å². The second-order valence-corrected chi connectivity index (χ2v) is 8.02. The zero-order valence-corrected chi connectivity index (χ0v) is 18.1.